The molecular formula is C15H20ClNO2S. The molecule has 1 fully saturated rings. The number of rotatable bonds is 7. The van der Waals surface area contributed by atoms with Crippen molar-refractivity contribution in [3.05, 3.63) is 29.3 Å². The van der Waals surface area contributed by atoms with Crippen LogP contribution >= 0.6 is 23.4 Å². The molecule has 3 nitrogen and oxygen atoms in total. The average molecular weight is 314 g/mol. The van der Waals surface area contributed by atoms with E-state index in [2.05, 4.69) is 5.32 Å². The van der Waals surface area contributed by atoms with E-state index in [0.717, 1.165) is 17.7 Å². The molecule has 0 aromatic heterocycles. The number of esters is 1. The third-order valence-electron chi connectivity index (χ3n) is 3.62. The van der Waals surface area contributed by atoms with Crippen LogP contribution in [0.3, 0.4) is 0 Å². The minimum Gasteiger partial charge on any atom is -0.465 e. The highest BCUT2D eigenvalue weighted by molar-refractivity contribution is 7.99. The first-order chi connectivity index (χ1) is 9.62. The normalized spacial score (nSPS) is 17.6. The Morgan fingerprint density at radius 3 is 2.85 bits per heavy atom. The van der Waals surface area contributed by atoms with Crippen molar-refractivity contribution in [2.24, 2.45) is 5.92 Å². The van der Waals surface area contributed by atoms with Crippen molar-refractivity contribution < 1.29 is 9.53 Å². The second kappa shape index (κ2) is 6.83. The van der Waals surface area contributed by atoms with Crippen LogP contribution in [0.25, 0.3) is 0 Å². The molecule has 110 valence electrons. The molecule has 1 aliphatic carbocycles. The fraction of sp³-hybridized carbons (Fsp3) is 0.533. The Balaban J connectivity index is 2.10. The maximum Gasteiger partial charge on any atom is 0.327 e. The Hall–Kier alpha value is -0.710. The molecule has 0 heterocycles. The summed E-state index contributed by atoms with van der Waals surface area (Å²) in [5.74, 6) is 0.894. The lowest BCUT2D eigenvalue weighted by atomic mass is 9.96. The number of carbonyl (C=O) groups excluding carboxylic acids is 1. The molecule has 0 saturated heterocycles. The highest BCUT2D eigenvalue weighted by Gasteiger charge is 2.51. The Labute approximate surface area is 129 Å². The standard InChI is InChI=1S/C15H20ClNO2S/c1-3-19-14(18)15(17-2,11-7-8-11)10-20-13-6-4-5-12(16)9-13/h4-6,9,11,17H,3,7-8,10H2,1-2H3. The van der Waals surface area contributed by atoms with E-state index in [1.165, 1.54) is 0 Å². The van der Waals surface area contributed by atoms with E-state index in [9.17, 15) is 4.79 Å². The summed E-state index contributed by atoms with van der Waals surface area (Å²) < 4.78 is 5.27. The van der Waals surface area contributed by atoms with Gasteiger partial charge in [0.25, 0.3) is 0 Å². The van der Waals surface area contributed by atoms with Gasteiger partial charge in [0.05, 0.1) is 6.61 Å². The smallest absolute Gasteiger partial charge is 0.327 e. The molecule has 1 N–H and O–H groups in total. The van der Waals surface area contributed by atoms with Crippen LogP contribution in [0.15, 0.2) is 29.2 Å². The molecular weight excluding hydrogens is 294 g/mol. The molecule has 0 aliphatic heterocycles. The van der Waals surface area contributed by atoms with Gasteiger partial charge in [0.15, 0.2) is 0 Å². The van der Waals surface area contributed by atoms with Crippen molar-refractivity contribution in [1.82, 2.24) is 5.32 Å². The first kappa shape index (κ1) is 15.7. The summed E-state index contributed by atoms with van der Waals surface area (Å²) in [6, 6.07) is 7.70. The maximum atomic E-state index is 12.3. The van der Waals surface area contributed by atoms with Crippen molar-refractivity contribution in [1.29, 1.82) is 0 Å². The minimum atomic E-state index is -0.580. The van der Waals surface area contributed by atoms with Crippen molar-refractivity contribution in [3.63, 3.8) is 0 Å². The Morgan fingerprint density at radius 2 is 2.30 bits per heavy atom. The lowest BCUT2D eigenvalue weighted by molar-refractivity contribution is -0.150. The molecule has 0 amide bonds. The van der Waals surface area contributed by atoms with Crippen LogP contribution in [-0.4, -0.2) is 30.9 Å². The summed E-state index contributed by atoms with van der Waals surface area (Å²) in [5.41, 5.74) is -0.580. The number of carbonyl (C=O) groups is 1. The first-order valence-electron chi connectivity index (χ1n) is 6.87. The molecule has 1 saturated carbocycles. The molecule has 0 bridgehead atoms. The SMILES string of the molecule is CCOC(=O)C(CSc1cccc(Cl)c1)(NC)C1CC1. The van der Waals surface area contributed by atoms with E-state index in [1.54, 1.807) is 11.8 Å². The third-order valence-corrected chi connectivity index (χ3v) is 5.04. The highest BCUT2D eigenvalue weighted by atomic mass is 35.5. The van der Waals surface area contributed by atoms with Gasteiger partial charge >= 0.3 is 5.97 Å². The van der Waals surface area contributed by atoms with E-state index >= 15 is 0 Å². The zero-order chi connectivity index (χ0) is 14.6. The minimum absolute atomic E-state index is 0.139. The lowest BCUT2D eigenvalue weighted by Gasteiger charge is -2.31. The molecule has 1 aromatic carbocycles. The molecule has 0 radical (unpaired) electrons. The number of nitrogens with one attached hydrogen (secondary N) is 1. The molecule has 5 heteroatoms. The van der Waals surface area contributed by atoms with E-state index < -0.39 is 5.54 Å². The maximum absolute atomic E-state index is 12.3. The van der Waals surface area contributed by atoms with Crippen LogP contribution in [0.5, 0.6) is 0 Å². The summed E-state index contributed by atoms with van der Waals surface area (Å²) in [4.78, 5) is 13.4. The van der Waals surface area contributed by atoms with Crippen LogP contribution in [-0.2, 0) is 9.53 Å². The first-order valence-corrected chi connectivity index (χ1v) is 8.23. The number of ether oxygens (including phenoxy) is 1. The van der Waals surface area contributed by atoms with Gasteiger partial charge in [-0.05, 0) is 50.9 Å². The van der Waals surface area contributed by atoms with E-state index in [1.807, 2.05) is 38.2 Å². The van der Waals surface area contributed by atoms with Crippen molar-refractivity contribution in [2.75, 3.05) is 19.4 Å². The lowest BCUT2D eigenvalue weighted by Crippen LogP contribution is -2.55. The van der Waals surface area contributed by atoms with Crippen LogP contribution in [0.2, 0.25) is 5.02 Å². The van der Waals surface area contributed by atoms with Gasteiger partial charge in [0, 0.05) is 15.7 Å². The average Bonchev–Trinajstić information content (AvgIpc) is 3.25. The van der Waals surface area contributed by atoms with Crippen molar-refractivity contribution in [2.45, 2.75) is 30.2 Å². The van der Waals surface area contributed by atoms with Gasteiger partial charge in [0.2, 0.25) is 0 Å². The zero-order valence-corrected chi connectivity index (χ0v) is 13.4. The van der Waals surface area contributed by atoms with E-state index in [0.29, 0.717) is 23.3 Å². The molecule has 1 aromatic rings. The largest absolute Gasteiger partial charge is 0.465 e. The van der Waals surface area contributed by atoms with Crippen molar-refractivity contribution in [3.8, 4) is 0 Å². The van der Waals surface area contributed by atoms with Crippen LogP contribution in [0.1, 0.15) is 19.8 Å². The van der Waals surface area contributed by atoms with Crippen molar-refractivity contribution >= 4 is 29.3 Å². The van der Waals surface area contributed by atoms with Crippen LogP contribution in [0, 0.1) is 5.92 Å². The molecule has 2 rings (SSSR count). The molecule has 1 atom stereocenters. The van der Waals surface area contributed by atoms with Gasteiger partial charge in [0.1, 0.15) is 5.54 Å². The quantitative estimate of drug-likeness (QED) is 0.619. The van der Waals surface area contributed by atoms with Gasteiger partial charge in [-0.25, -0.2) is 0 Å². The van der Waals surface area contributed by atoms with E-state index in [-0.39, 0.29) is 5.97 Å². The number of likely N-dealkylation sites (N-methyl/N-ethyl adjacent to an activating group) is 1. The number of benzene rings is 1. The van der Waals surface area contributed by atoms with Gasteiger partial charge in [-0.15, -0.1) is 11.8 Å². The second-order valence-corrected chi connectivity index (χ2v) is 6.45. The summed E-state index contributed by atoms with van der Waals surface area (Å²) in [6.07, 6.45) is 2.16. The molecule has 20 heavy (non-hydrogen) atoms. The summed E-state index contributed by atoms with van der Waals surface area (Å²) >= 11 is 7.64. The fourth-order valence-electron chi connectivity index (χ4n) is 2.31. The fourth-order valence-corrected chi connectivity index (χ4v) is 3.84. The van der Waals surface area contributed by atoms with Gasteiger partial charge in [-0.3, -0.25) is 4.79 Å². The predicted octanol–water partition coefficient (Wildman–Crippen LogP) is 3.36. The molecule has 1 unspecified atom stereocenters. The number of hydrogen-bond donors (Lipinski definition) is 1. The topological polar surface area (TPSA) is 38.3 Å². The highest BCUT2D eigenvalue weighted by Crippen LogP contribution is 2.43. The molecule has 0 spiro atoms. The number of halogens is 1. The number of thioether (sulfide) groups is 1. The Bertz CT molecular complexity index is 479. The summed E-state index contributed by atoms with van der Waals surface area (Å²) in [6.45, 7) is 2.26. The summed E-state index contributed by atoms with van der Waals surface area (Å²) in [5, 5.41) is 3.93. The molecule has 1 aliphatic rings. The monoisotopic (exact) mass is 313 g/mol. The van der Waals surface area contributed by atoms with Crippen LogP contribution < -0.4 is 5.32 Å². The van der Waals surface area contributed by atoms with Gasteiger partial charge in [-0.2, -0.15) is 0 Å². The third kappa shape index (κ3) is 3.48. The summed E-state index contributed by atoms with van der Waals surface area (Å²) in [7, 11) is 1.84. The zero-order valence-electron chi connectivity index (χ0n) is 11.8. The second-order valence-electron chi connectivity index (χ2n) is 4.96. The Morgan fingerprint density at radius 1 is 1.55 bits per heavy atom. The Kier molecular flexibility index (Phi) is 5.35. The van der Waals surface area contributed by atoms with E-state index in [4.69, 9.17) is 16.3 Å². The van der Waals surface area contributed by atoms with Gasteiger partial charge in [-0.1, -0.05) is 17.7 Å². The van der Waals surface area contributed by atoms with Gasteiger partial charge < -0.3 is 10.1 Å². The predicted molar refractivity (Wildman–Crippen MR) is 83.3 cm³/mol. The number of hydrogen-bond acceptors (Lipinski definition) is 4. The van der Waals surface area contributed by atoms with Crippen LogP contribution in [0.4, 0.5) is 0 Å².